The first kappa shape index (κ1) is 30.9. The molecule has 0 aliphatic rings. The number of hydrogen-bond donors (Lipinski definition) is 2. The van der Waals surface area contributed by atoms with Crippen molar-refractivity contribution in [3.8, 4) is 16.9 Å². The number of aryl methyl sites for hydroxylation is 1. The van der Waals surface area contributed by atoms with Gasteiger partial charge in [-0.2, -0.15) is 0 Å². The number of ether oxygens (including phenoxy) is 1. The van der Waals surface area contributed by atoms with E-state index in [-0.39, 0.29) is 12.3 Å². The Hall–Kier alpha value is -5.07. The Morgan fingerprint density at radius 1 is 0.870 bits per heavy atom. The molecule has 7 heteroatoms. The van der Waals surface area contributed by atoms with Crippen LogP contribution in [0.15, 0.2) is 114 Å². The molecule has 232 valence electrons. The highest BCUT2D eigenvalue weighted by atomic mass is 35.5. The van der Waals surface area contributed by atoms with Gasteiger partial charge < -0.3 is 19.6 Å². The van der Waals surface area contributed by atoms with E-state index in [1.807, 2.05) is 97.1 Å². The number of carboxylic acid groups (broad SMARTS) is 1. The molecule has 1 atom stereocenters. The fraction of sp³-hybridized carbons (Fsp3) is 0.179. The highest BCUT2D eigenvalue weighted by Crippen LogP contribution is 2.39. The van der Waals surface area contributed by atoms with E-state index < -0.39 is 12.1 Å². The number of benzene rings is 5. The second-order valence-corrected chi connectivity index (χ2v) is 11.8. The molecule has 1 aromatic heterocycles. The minimum absolute atomic E-state index is 0.167. The van der Waals surface area contributed by atoms with Crippen molar-refractivity contribution >= 4 is 45.2 Å². The van der Waals surface area contributed by atoms with Crippen LogP contribution in [-0.4, -0.2) is 23.1 Å². The van der Waals surface area contributed by atoms with Crippen molar-refractivity contribution in [2.45, 2.75) is 45.3 Å². The fourth-order valence-electron chi connectivity index (χ4n) is 5.77. The summed E-state index contributed by atoms with van der Waals surface area (Å²) < 4.78 is 12.3. The van der Waals surface area contributed by atoms with Gasteiger partial charge >= 0.3 is 5.97 Å². The molecule has 0 aliphatic heterocycles. The monoisotopic (exact) mass is 631 g/mol. The van der Waals surface area contributed by atoms with Gasteiger partial charge in [-0.15, -0.1) is 0 Å². The van der Waals surface area contributed by atoms with E-state index in [9.17, 15) is 14.7 Å². The summed E-state index contributed by atoms with van der Waals surface area (Å²) in [5.41, 5.74) is 4.73. The first-order chi connectivity index (χ1) is 22.4. The maximum atomic E-state index is 13.5. The third-order valence-electron chi connectivity index (χ3n) is 8.09. The topological polar surface area (TPSA) is 88.8 Å². The van der Waals surface area contributed by atoms with Gasteiger partial charge in [0.15, 0.2) is 6.10 Å². The van der Waals surface area contributed by atoms with E-state index >= 15 is 0 Å². The molecule has 0 bridgehead atoms. The molecule has 0 radical (unpaired) electrons. The highest BCUT2D eigenvalue weighted by molar-refractivity contribution is 6.30. The van der Waals surface area contributed by atoms with Crippen LogP contribution in [0.1, 0.15) is 47.0 Å². The number of furan rings is 1. The van der Waals surface area contributed by atoms with Crippen LogP contribution >= 0.6 is 11.6 Å². The minimum atomic E-state index is -1.08. The van der Waals surface area contributed by atoms with Gasteiger partial charge in [0, 0.05) is 35.4 Å². The summed E-state index contributed by atoms with van der Waals surface area (Å²) >= 11 is 6.21. The lowest BCUT2D eigenvalue weighted by Crippen LogP contribution is -2.29. The van der Waals surface area contributed by atoms with Crippen LogP contribution in [0.4, 0.5) is 0 Å². The molecule has 6 rings (SSSR count). The Morgan fingerprint density at radius 2 is 1.63 bits per heavy atom. The van der Waals surface area contributed by atoms with Crippen LogP contribution in [0.25, 0.3) is 32.9 Å². The van der Waals surface area contributed by atoms with E-state index in [4.69, 9.17) is 20.8 Å². The molecule has 5 aromatic carbocycles. The Labute approximate surface area is 272 Å². The maximum absolute atomic E-state index is 13.5. The van der Waals surface area contributed by atoms with Crippen molar-refractivity contribution in [3.05, 3.63) is 137 Å². The highest BCUT2D eigenvalue weighted by Gasteiger charge is 2.24. The smallest absolute Gasteiger partial charge is 0.345 e. The Morgan fingerprint density at radius 3 is 2.39 bits per heavy atom. The van der Waals surface area contributed by atoms with Crippen LogP contribution in [0, 0.1) is 0 Å². The normalized spacial score (nSPS) is 11.9. The molecule has 1 heterocycles. The van der Waals surface area contributed by atoms with Gasteiger partial charge in [-0.3, -0.25) is 4.79 Å². The summed E-state index contributed by atoms with van der Waals surface area (Å²) in [6.45, 7) is 2.44. The van der Waals surface area contributed by atoms with Gasteiger partial charge in [0.2, 0.25) is 0 Å². The molecule has 0 saturated carbocycles. The van der Waals surface area contributed by atoms with Crippen LogP contribution in [0.2, 0.25) is 5.02 Å². The standard InChI is InChI=1S/C39H34ClNO5/c1-2-3-12-33-37(31-11-7-8-13-32(31)45-33)38(42)41-24-26-14-20-30-28(22-26)17-21-34(36(30)27-15-18-29(40)19-16-27)46-35(39(43)44)23-25-9-5-4-6-10-25/h4-11,13-22,35H,2-3,12,23-24H2,1H3,(H,41,42)(H,43,44). The number of amides is 1. The number of halogens is 1. The second-order valence-electron chi connectivity index (χ2n) is 11.3. The van der Waals surface area contributed by atoms with Crippen molar-refractivity contribution in [1.82, 2.24) is 5.32 Å². The van der Waals surface area contributed by atoms with Crippen molar-refractivity contribution in [2.24, 2.45) is 0 Å². The maximum Gasteiger partial charge on any atom is 0.345 e. The molecule has 6 aromatic rings. The first-order valence-corrected chi connectivity index (χ1v) is 15.8. The zero-order valence-corrected chi connectivity index (χ0v) is 26.2. The number of rotatable bonds is 12. The summed E-state index contributed by atoms with van der Waals surface area (Å²) in [6, 6.07) is 34.2. The third kappa shape index (κ3) is 6.77. The van der Waals surface area contributed by atoms with Gasteiger partial charge in [0.25, 0.3) is 5.91 Å². The van der Waals surface area contributed by atoms with Crippen LogP contribution in [0.3, 0.4) is 0 Å². The predicted molar refractivity (Wildman–Crippen MR) is 183 cm³/mol. The minimum Gasteiger partial charge on any atom is -0.478 e. The number of carboxylic acids is 1. The number of unbranched alkanes of at least 4 members (excludes halogenated alkanes) is 1. The molecule has 6 nitrogen and oxygen atoms in total. The number of nitrogens with one attached hydrogen (secondary N) is 1. The molecule has 1 amide bonds. The zero-order valence-electron chi connectivity index (χ0n) is 25.5. The van der Waals surface area contributed by atoms with Crippen molar-refractivity contribution in [1.29, 1.82) is 0 Å². The van der Waals surface area contributed by atoms with Crippen molar-refractivity contribution in [3.63, 3.8) is 0 Å². The quantitative estimate of drug-likeness (QED) is 0.141. The lowest BCUT2D eigenvalue weighted by molar-refractivity contribution is -0.145. The SMILES string of the molecule is CCCCc1oc2ccccc2c1C(=O)NCc1ccc2c(-c3ccc(Cl)cc3)c(OC(Cc3ccccc3)C(=O)O)ccc2c1. The van der Waals surface area contributed by atoms with Gasteiger partial charge in [-0.25, -0.2) is 4.79 Å². The third-order valence-corrected chi connectivity index (χ3v) is 8.35. The number of fused-ring (bicyclic) bond motifs is 2. The second kappa shape index (κ2) is 13.9. The lowest BCUT2D eigenvalue weighted by Gasteiger charge is -2.20. The van der Waals surface area contributed by atoms with Gasteiger partial charge in [-0.1, -0.05) is 104 Å². The summed E-state index contributed by atoms with van der Waals surface area (Å²) in [7, 11) is 0. The van der Waals surface area contributed by atoms with E-state index in [0.29, 0.717) is 40.6 Å². The molecule has 1 unspecified atom stereocenters. The Balaban J connectivity index is 1.30. The van der Waals surface area contributed by atoms with Gasteiger partial charge in [-0.05, 0) is 64.2 Å². The molecule has 46 heavy (non-hydrogen) atoms. The van der Waals surface area contributed by atoms with E-state index in [1.165, 1.54) is 0 Å². The average Bonchev–Trinajstić information content (AvgIpc) is 3.45. The molecule has 0 fully saturated rings. The molecular formula is C39H34ClNO5. The van der Waals surface area contributed by atoms with E-state index in [0.717, 1.165) is 51.3 Å². The molecule has 0 saturated heterocycles. The van der Waals surface area contributed by atoms with Gasteiger partial charge in [0.1, 0.15) is 17.1 Å². The predicted octanol–water partition coefficient (Wildman–Crippen LogP) is 9.25. The fourth-order valence-corrected chi connectivity index (χ4v) is 5.90. The van der Waals surface area contributed by atoms with Crippen molar-refractivity contribution in [2.75, 3.05) is 0 Å². The largest absolute Gasteiger partial charge is 0.478 e. The van der Waals surface area contributed by atoms with Crippen LogP contribution in [0.5, 0.6) is 5.75 Å². The summed E-state index contributed by atoms with van der Waals surface area (Å²) in [4.78, 5) is 25.8. The first-order valence-electron chi connectivity index (χ1n) is 15.4. The zero-order chi connectivity index (χ0) is 32.0. The van der Waals surface area contributed by atoms with Crippen LogP contribution in [-0.2, 0) is 24.2 Å². The number of carbonyl (C=O) groups is 2. The Bertz CT molecular complexity index is 2000. The van der Waals surface area contributed by atoms with Gasteiger partial charge in [0.05, 0.1) is 5.56 Å². The van der Waals surface area contributed by atoms with E-state index in [1.54, 1.807) is 12.1 Å². The number of hydrogen-bond acceptors (Lipinski definition) is 4. The molecule has 0 spiro atoms. The van der Waals surface area contributed by atoms with Crippen LogP contribution < -0.4 is 10.1 Å². The molecular weight excluding hydrogens is 598 g/mol. The molecule has 2 N–H and O–H groups in total. The lowest BCUT2D eigenvalue weighted by atomic mass is 9.95. The summed E-state index contributed by atoms with van der Waals surface area (Å²) in [5.74, 6) is -0.0306. The number of aliphatic carboxylic acids is 1. The molecule has 0 aliphatic carbocycles. The Kier molecular flexibility index (Phi) is 9.36. The van der Waals surface area contributed by atoms with Crippen molar-refractivity contribution < 1.29 is 23.8 Å². The summed E-state index contributed by atoms with van der Waals surface area (Å²) in [5, 5.41) is 16.4. The number of carbonyl (C=O) groups excluding carboxylic acids is 1. The van der Waals surface area contributed by atoms with E-state index in [2.05, 4.69) is 12.2 Å². The number of para-hydroxylation sites is 1. The average molecular weight is 632 g/mol. The summed E-state index contributed by atoms with van der Waals surface area (Å²) in [6.07, 6.45) is 1.78.